The number of piperidine rings is 1. The van der Waals surface area contributed by atoms with Crippen LogP contribution in [-0.2, 0) is 14.3 Å². The van der Waals surface area contributed by atoms with E-state index in [1.54, 1.807) is 0 Å². The molecular weight excluding hydrogens is 596 g/mol. The molecule has 0 aromatic carbocycles. The Bertz CT molecular complexity index is 1220. The second-order valence-electron chi connectivity index (χ2n) is 20.3. The number of aliphatic hydroxyl groups is 1. The van der Waals surface area contributed by atoms with Gasteiger partial charge in [0.25, 0.3) is 0 Å². The molecule has 1 N–H and O–H groups in total. The Labute approximate surface area is 292 Å². The van der Waals surface area contributed by atoms with Crippen LogP contribution in [0.1, 0.15) is 131 Å². The lowest BCUT2D eigenvalue weighted by atomic mass is 9.32. The number of morpholine rings is 1. The first-order valence-corrected chi connectivity index (χ1v) is 20.7. The Morgan fingerprint density at radius 3 is 2.17 bits per heavy atom. The summed E-state index contributed by atoms with van der Waals surface area (Å²) in [7, 11) is 0. The summed E-state index contributed by atoms with van der Waals surface area (Å²) in [6.07, 6.45) is 16.9. The second-order valence-corrected chi connectivity index (χ2v) is 20.3. The summed E-state index contributed by atoms with van der Waals surface area (Å²) in [5, 5.41) is 11.1. The van der Waals surface area contributed by atoms with Crippen molar-refractivity contribution in [3.05, 3.63) is 0 Å². The van der Waals surface area contributed by atoms with Crippen molar-refractivity contribution >= 4 is 5.91 Å². The van der Waals surface area contributed by atoms with E-state index < -0.39 is 0 Å². The van der Waals surface area contributed by atoms with Gasteiger partial charge in [-0.2, -0.15) is 0 Å². The summed E-state index contributed by atoms with van der Waals surface area (Å²) in [5.74, 6) is 3.78. The molecule has 0 aromatic rings. The summed E-state index contributed by atoms with van der Waals surface area (Å²) in [5.41, 5.74) is 1.21. The molecule has 2 saturated heterocycles. The van der Waals surface area contributed by atoms with Crippen LogP contribution < -0.4 is 0 Å². The van der Waals surface area contributed by atoms with Gasteiger partial charge in [-0.15, -0.1) is 0 Å². The Morgan fingerprint density at radius 2 is 1.46 bits per heavy atom. The van der Waals surface area contributed by atoms with Gasteiger partial charge in [0.1, 0.15) is 0 Å². The topological polar surface area (TPSA) is 62.2 Å². The number of likely N-dealkylation sites (tertiary alicyclic amines) is 1. The number of carbonyl (C=O) groups is 1. The van der Waals surface area contributed by atoms with Gasteiger partial charge >= 0.3 is 0 Å². The van der Waals surface area contributed by atoms with E-state index in [2.05, 4.69) is 51.3 Å². The molecule has 0 radical (unpaired) electrons. The number of fused-ring (bicyclic) bond motifs is 7. The zero-order valence-corrected chi connectivity index (χ0v) is 31.7. The lowest BCUT2D eigenvalue weighted by Crippen LogP contribution is -2.67. The van der Waals surface area contributed by atoms with Crippen molar-refractivity contribution in [2.75, 3.05) is 52.5 Å². The number of hydrogen-bond donors (Lipinski definition) is 1. The molecule has 2 aliphatic heterocycles. The van der Waals surface area contributed by atoms with Crippen LogP contribution in [0.2, 0.25) is 0 Å². The van der Waals surface area contributed by atoms with Crippen LogP contribution in [0.25, 0.3) is 0 Å². The highest BCUT2D eigenvalue weighted by Gasteiger charge is 2.73. The van der Waals surface area contributed by atoms with Crippen molar-refractivity contribution in [3.63, 3.8) is 0 Å². The summed E-state index contributed by atoms with van der Waals surface area (Å²) in [6.45, 7) is 22.7. The molecule has 8 rings (SSSR count). The molecule has 1 amide bonds. The van der Waals surface area contributed by atoms with E-state index in [-0.39, 0.29) is 28.5 Å². The molecule has 8 aliphatic rings. The highest BCUT2D eigenvalue weighted by Crippen LogP contribution is 2.79. The molecular formula is C42H70N2O4. The Balaban J connectivity index is 1.01. The third-order valence-electron chi connectivity index (χ3n) is 18.4. The third-order valence-corrected chi connectivity index (χ3v) is 18.4. The normalized spacial score (nSPS) is 48.6. The van der Waals surface area contributed by atoms with Gasteiger partial charge in [0, 0.05) is 32.7 Å². The average Bonchev–Trinajstić information content (AvgIpc) is 3.69. The van der Waals surface area contributed by atoms with Gasteiger partial charge in [0.05, 0.1) is 37.4 Å². The van der Waals surface area contributed by atoms with Crippen molar-refractivity contribution in [2.45, 2.75) is 144 Å². The fourth-order valence-corrected chi connectivity index (χ4v) is 15.0. The van der Waals surface area contributed by atoms with Gasteiger partial charge in [-0.1, -0.05) is 41.5 Å². The molecule has 0 bridgehead atoms. The van der Waals surface area contributed by atoms with E-state index in [1.165, 1.54) is 57.8 Å². The molecule has 48 heavy (non-hydrogen) atoms. The molecule has 0 aromatic heterocycles. The maximum Gasteiger partial charge on any atom is 0.229 e. The highest BCUT2D eigenvalue weighted by atomic mass is 16.5. The fraction of sp³-hybridized carbons (Fsp3) is 0.976. The Morgan fingerprint density at radius 1 is 0.729 bits per heavy atom. The number of carbonyl (C=O) groups excluding carboxylic acids is 1. The van der Waals surface area contributed by atoms with Crippen LogP contribution >= 0.6 is 0 Å². The molecule has 10 unspecified atom stereocenters. The maximum absolute atomic E-state index is 15.1. The lowest BCUT2D eigenvalue weighted by Gasteiger charge is -2.73. The predicted molar refractivity (Wildman–Crippen MR) is 190 cm³/mol. The first kappa shape index (κ1) is 34.4. The van der Waals surface area contributed by atoms with E-state index in [0.29, 0.717) is 45.8 Å². The third kappa shape index (κ3) is 5.01. The number of rotatable bonds is 6. The van der Waals surface area contributed by atoms with Crippen LogP contribution in [0.5, 0.6) is 0 Å². The Kier molecular flexibility index (Phi) is 8.54. The molecule has 2 heterocycles. The van der Waals surface area contributed by atoms with Crippen molar-refractivity contribution < 1.29 is 19.4 Å². The smallest absolute Gasteiger partial charge is 0.229 e. The summed E-state index contributed by atoms with van der Waals surface area (Å²) in [6, 6.07) is 0. The molecule has 8 fully saturated rings. The minimum atomic E-state index is -0.168. The summed E-state index contributed by atoms with van der Waals surface area (Å²) in [4.78, 5) is 19.9. The fourth-order valence-electron chi connectivity index (χ4n) is 15.0. The highest BCUT2D eigenvalue weighted by molar-refractivity contribution is 5.84. The van der Waals surface area contributed by atoms with Crippen LogP contribution in [0.15, 0.2) is 0 Å². The van der Waals surface area contributed by atoms with Crippen LogP contribution in [0.3, 0.4) is 0 Å². The first-order valence-electron chi connectivity index (χ1n) is 20.7. The quantitative estimate of drug-likeness (QED) is 0.317. The van der Waals surface area contributed by atoms with E-state index in [0.717, 1.165) is 90.6 Å². The van der Waals surface area contributed by atoms with Crippen molar-refractivity contribution in [3.8, 4) is 0 Å². The Hall–Kier alpha value is -0.690. The van der Waals surface area contributed by atoms with Gasteiger partial charge in [0.2, 0.25) is 5.91 Å². The first-order chi connectivity index (χ1) is 22.8. The molecule has 6 aliphatic carbocycles. The van der Waals surface area contributed by atoms with Gasteiger partial charge < -0.3 is 19.5 Å². The zero-order valence-electron chi connectivity index (χ0n) is 31.7. The van der Waals surface area contributed by atoms with Crippen molar-refractivity contribution in [2.24, 2.45) is 62.1 Å². The number of hydrogen-bond acceptors (Lipinski definition) is 5. The second kappa shape index (κ2) is 11.9. The summed E-state index contributed by atoms with van der Waals surface area (Å²) < 4.78 is 11.9. The van der Waals surface area contributed by atoms with Gasteiger partial charge in [-0.3, -0.25) is 9.69 Å². The molecule has 10 atom stereocenters. The number of amides is 1. The summed E-state index contributed by atoms with van der Waals surface area (Å²) >= 11 is 0. The average molecular weight is 667 g/mol. The number of ether oxygens (including phenoxy) is 2. The predicted octanol–water partition coefficient (Wildman–Crippen LogP) is 7.57. The van der Waals surface area contributed by atoms with Crippen LogP contribution in [0, 0.1) is 62.1 Å². The number of nitrogens with zero attached hydrogens (tertiary/aromatic N) is 2. The van der Waals surface area contributed by atoms with Crippen LogP contribution in [0.4, 0.5) is 0 Å². The monoisotopic (exact) mass is 667 g/mol. The minimum Gasteiger partial charge on any atom is -0.393 e. The zero-order chi connectivity index (χ0) is 33.7. The van der Waals surface area contributed by atoms with Gasteiger partial charge in [-0.25, -0.2) is 0 Å². The standard InChI is InChI=1S/C42H70N2O4/c1-37(2)32-10-15-41(6)33(39(32,4)14-11-34(37)45)8-7-31-35-30(38(3)17-18-38)9-16-42(35,20-19-40(31,41)5)36(46)44-21-12-29(13-22-44)48-28-25-43-23-26-47-27-24-43/h29-35,45H,7-28H2,1-6H3. The van der Waals surface area contributed by atoms with Crippen molar-refractivity contribution in [1.29, 1.82) is 0 Å². The van der Waals surface area contributed by atoms with Gasteiger partial charge in [-0.05, 0) is 147 Å². The largest absolute Gasteiger partial charge is 0.393 e. The van der Waals surface area contributed by atoms with E-state index in [1.807, 2.05) is 0 Å². The van der Waals surface area contributed by atoms with E-state index >= 15 is 4.79 Å². The van der Waals surface area contributed by atoms with Crippen molar-refractivity contribution in [1.82, 2.24) is 9.80 Å². The van der Waals surface area contributed by atoms with E-state index in [4.69, 9.17) is 9.47 Å². The molecule has 6 saturated carbocycles. The minimum absolute atomic E-state index is 0.00142. The molecule has 6 heteroatoms. The maximum atomic E-state index is 15.1. The van der Waals surface area contributed by atoms with E-state index in [9.17, 15) is 5.11 Å². The molecule has 272 valence electrons. The molecule has 0 spiro atoms. The number of aliphatic hydroxyl groups excluding tert-OH is 1. The van der Waals surface area contributed by atoms with Crippen LogP contribution in [-0.4, -0.2) is 85.6 Å². The SMILES string of the molecule is CC1(C2CCC3(C(=O)N4CCC(OCCN5CCOCC5)CC4)CCC4(C)C(CCC5C6(C)CCC(O)C(C)(C)C6CCC54C)C23)CC1. The molecule has 6 nitrogen and oxygen atoms in total. The lowest BCUT2D eigenvalue weighted by molar-refractivity contribution is -0.249. The van der Waals surface area contributed by atoms with Gasteiger partial charge in [0.15, 0.2) is 0 Å².